The van der Waals surface area contributed by atoms with Crippen molar-refractivity contribution in [1.82, 2.24) is 0 Å². The third-order valence-corrected chi connectivity index (χ3v) is 2.98. The Balaban J connectivity index is 2.49. The smallest absolute Gasteiger partial charge is 0.142 e. The summed E-state index contributed by atoms with van der Waals surface area (Å²) in [6.45, 7) is 4.65. The fraction of sp³-hybridized carbons (Fsp3) is 0.500. The van der Waals surface area contributed by atoms with Gasteiger partial charge in [0.2, 0.25) is 0 Å². The first kappa shape index (κ1) is 13.3. The number of benzene rings is 1. The minimum Gasteiger partial charge on any atom is -0.491 e. The van der Waals surface area contributed by atoms with E-state index in [-0.39, 0.29) is 5.60 Å². The van der Waals surface area contributed by atoms with E-state index in [0.717, 1.165) is 16.6 Å². The maximum Gasteiger partial charge on any atom is 0.142 e. The van der Waals surface area contributed by atoms with Crippen LogP contribution in [0.2, 0.25) is 0 Å². The van der Waals surface area contributed by atoms with E-state index in [1.165, 1.54) is 0 Å². The Morgan fingerprint density at radius 2 is 2.06 bits per heavy atom. The quantitative estimate of drug-likeness (QED) is 0.846. The topological polar surface area (TPSA) is 44.5 Å². The second kappa shape index (κ2) is 5.55. The molecule has 0 bridgehead atoms. The molecule has 0 unspecified atom stereocenters. The van der Waals surface area contributed by atoms with E-state index in [1.807, 2.05) is 32.0 Å². The highest BCUT2D eigenvalue weighted by molar-refractivity contribution is 9.10. The van der Waals surface area contributed by atoms with Gasteiger partial charge in [0, 0.05) is 18.0 Å². The third-order valence-electron chi connectivity index (χ3n) is 2.49. The third kappa shape index (κ3) is 4.02. The van der Waals surface area contributed by atoms with E-state index in [9.17, 15) is 0 Å². The Bertz CT molecular complexity index is 353. The molecule has 0 aliphatic carbocycles. The van der Waals surface area contributed by atoms with Gasteiger partial charge in [0.15, 0.2) is 0 Å². The molecule has 1 aromatic carbocycles. The predicted octanol–water partition coefficient (Wildman–Crippen LogP) is 3.23. The van der Waals surface area contributed by atoms with Gasteiger partial charge in [0.25, 0.3) is 0 Å². The van der Waals surface area contributed by atoms with Crippen molar-refractivity contribution in [3.63, 3.8) is 0 Å². The first-order chi connectivity index (χ1) is 7.44. The molecule has 0 fully saturated rings. The van der Waals surface area contributed by atoms with E-state index < -0.39 is 0 Å². The molecule has 0 radical (unpaired) electrons. The molecule has 90 valence electrons. The fourth-order valence-electron chi connectivity index (χ4n) is 1.16. The highest BCUT2D eigenvalue weighted by Gasteiger charge is 2.16. The molecule has 0 aliphatic rings. The Hall–Kier alpha value is -0.740. The van der Waals surface area contributed by atoms with Crippen LogP contribution in [0.4, 0.5) is 5.69 Å². The zero-order chi connectivity index (χ0) is 12.2. The normalized spacial score (nSPS) is 11.5. The van der Waals surface area contributed by atoms with Crippen LogP contribution >= 0.6 is 15.9 Å². The lowest BCUT2D eigenvalue weighted by Crippen LogP contribution is -2.25. The van der Waals surface area contributed by atoms with E-state index in [0.29, 0.717) is 12.3 Å². The van der Waals surface area contributed by atoms with Crippen LogP contribution in [0.5, 0.6) is 5.75 Å². The summed E-state index contributed by atoms with van der Waals surface area (Å²) in [6, 6.07) is 5.60. The van der Waals surface area contributed by atoms with Crippen LogP contribution in [-0.4, -0.2) is 19.3 Å². The van der Waals surface area contributed by atoms with Crippen molar-refractivity contribution in [3.8, 4) is 5.75 Å². The summed E-state index contributed by atoms with van der Waals surface area (Å²) in [5.41, 5.74) is 6.30. The Labute approximate surface area is 105 Å². The average molecular weight is 288 g/mol. The number of nitrogen functional groups attached to an aromatic ring is 1. The lowest BCUT2D eigenvalue weighted by Gasteiger charge is -2.22. The van der Waals surface area contributed by atoms with Gasteiger partial charge in [0.1, 0.15) is 5.75 Å². The maximum absolute atomic E-state index is 5.82. The zero-order valence-corrected chi connectivity index (χ0v) is 11.5. The van der Waals surface area contributed by atoms with Gasteiger partial charge in [-0.25, -0.2) is 0 Å². The molecule has 4 heteroatoms. The summed E-state index contributed by atoms with van der Waals surface area (Å²) in [5.74, 6) is 0.718. The number of halogens is 1. The molecule has 0 saturated carbocycles. The van der Waals surface area contributed by atoms with E-state index >= 15 is 0 Å². The van der Waals surface area contributed by atoms with Gasteiger partial charge in [-0.3, -0.25) is 0 Å². The highest BCUT2D eigenvalue weighted by Crippen LogP contribution is 2.25. The molecule has 0 amide bonds. The van der Waals surface area contributed by atoms with Crippen molar-refractivity contribution in [3.05, 3.63) is 22.7 Å². The van der Waals surface area contributed by atoms with Crippen LogP contribution < -0.4 is 10.5 Å². The summed E-state index contributed by atoms with van der Waals surface area (Å²) < 4.78 is 11.9. The average Bonchev–Trinajstić information content (AvgIpc) is 2.21. The lowest BCUT2D eigenvalue weighted by molar-refractivity contribution is 0.00551. The summed E-state index contributed by atoms with van der Waals surface area (Å²) in [4.78, 5) is 0. The molecular weight excluding hydrogens is 270 g/mol. The number of hydrogen-bond acceptors (Lipinski definition) is 3. The molecule has 0 aliphatic heterocycles. The minimum atomic E-state index is -0.163. The first-order valence-electron chi connectivity index (χ1n) is 5.17. The summed E-state index contributed by atoms with van der Waals surface area (Å²) in [5, 5.41) is 0. The standard InChI is InChI=1S/C12H18BrNO2/c1-12(2,15-3)6-7-16-11-5-4-9(13)8-10(11)14/h4-5,8H,6-7,14H2,1-3H3. The van der Waals surface area contributed by atoms with E-state index in [2.05, 4.69) is 15.9 Å². The molecule has 0 saturated heterocycles. The van der Waals surface area contributed by atoms with Gasteiger partial charge >= 0.3 is 0 Å². The molecule has 0 spiro atoms. The molecule has 0 atom stereocenters. The molecule has 2 N–H and O–H groups in total. The number of methoxy groups -OCH3 is 1. The van der Waals surface area contributed by atoms with Crippen molar-refractivity contribution in [1.29, 1.82) is 0 Å². The highest BCUT2D eigenvalue weighted by atomic mass is 79.9. The van der Waals surface area contributed by atoms with Crippen molar-refractivity contribution in [2.75, 3.05) is 19.5 Å². The molecular formula is C12H18BrNO2. The molecule has 1 rings (SSSR count). The first-order valence-corrected chi connectivity index (χ1v) is 5.97. The number of rotatable bonds is 5. The van der Waals surface area contributed by atoms with Crippen LogP contribution in [0, 0.1) is 0 Å². The van der Waals surface area contributed by atoms with Gasteiger partial charge < -0.3 is 15.2 Å². The number of hydrogen-bond donors (Lipinski definition) is 1. The molecule has 16 heavy (non-hydrogen) atoms. The molecule has 3 nitrogen and oxygen atoms in total. The Kier molecular flexibility index (Phi) is 4.62. The number of nitrogens with two attached hydrogens (primary N) is 1. The second-order valence-electron chi connectivity index (χ2n) is 4.24. The van der Waals surface area contributed by atoms with Gasteiger partial charge in [-0.15, -0.1) is 0 Å². The van der Waals surface area contributed by atoms with E-state index in [4.69, 9.17) is 15.2 Å². The molecule has 0 aromatic heterocycles. The SMILES string of the molecule is COC(C)(C)CCOc1ccc(Br)cc1N. The van der Waals surface area contributed by atoms with Crippen LogP contribution in [0.15, 0.2) is 22.7 Å². The van der Waals surface area contributed by atoms with Gasteiger partial charge in [-0.1, -0.05) is 15.9 Å². The zero-order valence-electron chi connectivity index (χ0n) is 9.92. The Morgan fingerprint density at radius 1 is 1.38 bits per heavy atom. The minimum absolute atomic E-state index is 0.163. The summed E-state index contributed by atoms with van der Waals surface area (Å²) in [7, 11) is 1.70. The van der Waals surface area contributed by atoms with Gasteiger partial charge in [-0.2, -0.15) is 0 Å². The second-order valence-corrected chi connectivity index (χ2v) is 5.16. The summed E-state index contributed by atoms with van der Waals surface area (Å²) in [6.07, 6.45) is 0.818. The van der Waals surface area contributed by atoms with Crippen LogP contribution in [0.3, 0.4) is 0 Å². The van der Waals surface area contributed by atoms with Crippen molar-refractivity contribution >= 4 is 21.6 Å². The number of ether oxygens (including phenoxy) is 2. The maximum atomic E-state index is 5.82. The lowest BCUT2D eigenvalue weighted by atomic mass is 10.1. The van der Waals surface area contributed by atoms with Crippen molar-refractivity contribution in [2.45, 2.75) is 25.9 Å². The van der Waals surface area contributed by atoms with Gasteiger partial charge in [-0.05, 0) is 32.0 Å². The van der Waals surface area contributed by atoms with Crippen LogP contribution in [0.25, 0.3) is 0 Å². The van der Waals surface area contributed by atoms with Crippen molar-refractivity contribution in [2.24, 2.45) is 0 Å². The molecule has 1 aromatic rings. The monoisotopic (exact) mass is 287 g/mol. The van der Waals surface area contributed by atoms with E-state index in [1.54, 1.807) is 7.11 Å². The van der Waals surface area contributed by atoms with Crippen molar-refractivity contribution < 1.29 is 9.47 Å². The predicted molar refractivity (Wildman–Crippen MR) is 69.8 cm³/mol. The summed E-state index contributed by atoms with van der Waals surface area (Å²) >= 11 is 3.35. The van der Waals surface area contributed by atoms with Crippen LogP contribution in [-0.2, 0) is 4.74 Å². The Morgan fingerprint density at radius 3 is 2.62 bits per heavy atom. The largest absolute Gasteiger partial charge is 0.491 e. The molecule has 0 heterocycles. The number of anilines is 1. The van der Waals surface area contributed by atoms with Gasteiger partial charge in [0.05, 0.1) is 17.9 Å². The van der Waals surface area contributed by atoms with Crippen LogP contribution in [0.1, 0.15) is 20.3 Å². The fourth-order valence-corrected chi connectivity index (χ4v) is 1.54.